The molecule has 0 aliphatic rings. The van der Waals surface area contributed by atoms with Crippen molar-refractivity contribution in [1.29, 1.82) is 0 Å². The number of carbonyl (C=O) groups excluding carboxylic acids is 1. The number of amides is 1. The lowest BCUT2D eigenvalue weighted by Gasteiger charge is -2.20. The first-order valence-electron chi connectivity index (χ1n) is 8.82. The monoisotopic (exact) mass is 390 g/mol. The first kappa shape index (κ1) is 20.8. The van der Waals surface area contributed by atoms with Gasteiger partial charge in [0.05, 0.1) is 10.6 Å². The Labute approximate surface area is 161 Å². The van der Waals surface area contributed by atoms with Crippen LogP contribution in [-0.2, 0) is 14.8 Å². The van der Waals surface area contributed by atoms with E-state index in [9.17, 15) is 13.2 Å². The van der Waals surface area contributed by atoms with Crippen LogP contribution in [-0.4, -0.2) is 34.0 Å². The minimum atomic E-state index is -3.64. The summed E-state index contributed by atoms with van der Waals surface area (Å²) in [5.41, 5.74) is 1.50. The fourth-order valence-corrected chi connectivity index (χ4v) is 3.52. The summed E-state index contributed by atoms with van der Waals surface area (Å²) in [5, 5.41) is 2.82. The third-order valence-electron chi connectivity index (χ3n) is 4.27. The van der Waals surface area contributed by atoms with Gasteiger partial charge in [0.25, 0.3) is 15.9 Å². The van der Waals surface area contributed by atoms with Gasteiger partial charge in [0.1, 0.15) is 5.75 Å². The van der Waals surface area contributed by atoms with Gasteiger partial charge in [-0.2, -0.15) is 0 Å². The van der Waals surface area contributed by atoms with Crippen LogP contribution >= 0.6 is 0 Å². The number of carbonyl (C=O) groups is 1. The molecule has 0 aliphatic carbocycles. The predicted molar refractivity (Wildman–Crippen MR) is 107 cm³/mol. The average molecular weight is 391 g/mol. The molecule has 2 aromatic carbocycles. The van der Waals surface area contributed by atoms with Crippen molar-refractivity contribution in [2.24, 2.45) is 0 Å². The zero-order valence-corrected chi connectivity index (χ0v) is 16.9. The van der Waals surface area contributed by atoms with E-state index in [0.717, 1.165) is 12.0 Å². The lowest BCUT2D eigenvalue weighted by molar-refractivity contribution is -0.123. The van der Waals surface area contributed by atoms with Crippen molar-refractivity contribution < 1.29 is 17.9 Å². The minimum Gasteiger partial charge on any atom is -0.484 e. The minimum absolute atomic E-state index is 0.0822. The van der Waals surface area contributed by atoms with Gasteiger partial charge in [0.2, 0.25) is 0 Å². The molecule has 0 aromatic heterocycles. The van der Waals surface area contributed by atoms with E-state index in [0.29, 0.717) is 11.4 Å². The van der Waals surface area contributed by atoms with E-state index in [1.54, 1.807) is 48.5 Å². The molecule has 0 saturated carbocycles. The van der Waals surface area contributed by atoms with Crippen LogP contribution in [0.2, 0.25) is 0 Å². The zero-order chi connectivity index (χ0) is 20.0. The number of ether oxygens (including phenoxy) is 1. The largest absolute Gasteiger partial charge is 0.484 e. The van der Waals surface area contributed by atoms with Gasteiger partial charge in [-0.05, 0) is 56.7 Å². The zero-order valence-electron chi connectivity index (χ0n) is 16.1. The van der Waals surface area contributed by atoms with E-state index < -0.39 is 10.0 Å². The Morgan fingerprint density at radius 3 is 2.26 bits per heavy atom. The maximum Gasteiger partial charge on any atom is 0.264 e. The van der Waals surface area contributed by atoms with E-state index in [2.05, 4.69) is 5.32 Å². The molecule has 0 heterocycles. The Morgan fingerprint density at radius 1 is 1.11 bits per heavy atom. The average Bonchev–Trinajstić information content (AvgIpc) is 2.66. The van der Waals surface area contributed by atoms with Crippen molar-refractivity contribution in [1.82, 2.24) is 5.32 Å². The second-order valence-corrected chi connectivity index (χ2v) is 8.41. The molecule has 2 rings (SSSR count). The van der Waals surface area contributed by atoms with Gasteiger partial charge in [0.15, 0.2) is 6.61 Å². The summed E-state index contributed by atoms with van der Waals surface area (Å²) in [5.74, 6) is 0.312. The fourth-order valence-electron chi connectivity index (χ4n) is 2.33. The summed E-state index contributed by atoms with van der Waals surface area (Å²) in [7, 11) is -2.13. The van der Waals surface area contributed by atoms with Gasteiger partial charge in [-0.25, -0.2) is 8.42 Å². The van der Waals surface area contributed by atoms with Gasteiger partial charge in [0, 0.05) is 13.1 Å². The van der Waals surface area contributed by atoms with Gasteiger partial charge in [-0.1, -0.05) is 24.6 Å². The van der Waals surface area contributed by atoms with E-state index in [1.165, 1.54) is 11.4 Å². The van der Waals surface area contributed by atoms with Crippen LogP contribution in [0.5, 0.6) is 5.75 Å². The van der Waals surface area contributed by atoms with E-state index in [-0.39, 0.29) is 23.5 Å². The lowest BCUT2D eigenvalue weighted by Crippen LogP contribution is -2.35. The molecule has 7 heteroatoms. The highest BCUT2D eigenvalue weighted by atomic mass is 32.2. The molecule has 0 aliphatic heterocycles. The maximum atomic E-state index is 12.7. The van der Waals surface area contributed by atoms with Gasteiger partial charge in [-0.3, -0.25) is 9.10 Å². The molecule has 0 unspecified atom stereocenters. The van der Waals surface area contributed by atoms with Gasteiger partial charge >= 0.3 is 0 Å². The topological polar surface area (TPSA) is 75.7 Å². The highest BCUT2D eigenvalue weighted by Gasteiger charge is 2.21. The summed E-state index contributed by atoms with van der Waals surface area (Å²) < 4.78 is 32.1. The molecule has 1 atom stereocenters. The van der Waals surface area contributed by atoms with Crippen molar-refractivity contribution in [2.75, 3.05) is 18.0 Å². The van der Waals surface area contributed by atoms with Crippen LogP contribution in [0.4, 0.5) is 5.69 Å². The Bertz CT molecular complexity index is 862. The normalized spacial score (nSPS) is 12.3. The lowest BCUT2D eigenvalue weighted by atomic mass is 10.2. The number of benzene rings is 2. The molecule has 0 radical (unpaired) electrons. The van der Waals surface area contributed by atoms with E-state index >= 15 is 0 Å². The van der Waals surface area contributed by atoms with Crippen molar-refractivity contribution in [3.8, 4) is 5.75 Å². The highest BCUT2D eigenvalue weighted by molar-refractivity contribution is 7.92. The molecule has 146 valence electrons. The smallest absolute Gasteiger partial charge is 0.264 e. The second kappa shape index (κ2) is 8.90. The molecule has 1 amide bonds. The number of anilines is 1. The molecule has 0 fully saturated rings. The number of nitrogens with zero attached hydrogens (tertiary/aromatic N) is 1. The first-order chi connectivity index (χ1) is 12.7. The molecule has 2 aromatic rings. The number of hydrogen-bond donors (Lipinski definition) is 1. The number of aryl methyl sites for hydroxylation is 1. The van der Waals surface area contributed by atoms with Crippen molar-refractivity contribution in [2.45, 2.75) is 38.1 Å². The Morgan fingerprint density at radius 2 is 1.70 bits per heavy atom. The molecule has 0 saturated heterocycles. The Hall–Kier alpha value is -2.54. The molecule has 27 heavy (non-hydrogen) atoms. The summed E-state index contributed by atoms with van der Waals surface area (Å²) in [6, 6.07) is 13.4. The predicted octanol–water partition coefficient (Wildman–Crippen LogP) is 3.11. The molecular formula is C20H26N2O4S. The maximum absolute atomic E-state index is 12.7. The van der Waals surface area contributed by atoms with Crippen LogP contribution in [0.1, 0.15) is 25.8 Å². The summed E-state index contributed by atoms with van der Waals surface area (Å²) in [4.78, 5) is 12.0. The van der Waals surface area contributed by atoms with Crippen LogP contribution < -0.4 is 14.4 Å². The summed E-state index contributed by atoms with van der Waals surface area (Å²) in [6.45, 7) is 5.74. The molecule has 0 spiro atoms. The molecule has 6 nitrogen and oxygen atoms in total. The van der Waals surface area contributed by atoms with Crippen molar-refractivity contribution in [3.05, 3.63) is 54.1 Å². The molecular weight excluding hydrogens is 364 g/mol. The van der Waals surface area contributed by atoms with Crippen LogP contribution in [0.3, 0.4) is 0 Å². The SMILES string of the molecule is CC[C@H](C)NC(=O)COc1ccc(N(C)S(=O)(=O)c2ccc(C)cc2)cc1. The van der Waals surface area contributed by atoms with Crippen LogP contribution in [0.15, 0.2) is 53.4 Å². The molecule has 1 N–H and O–H groups in total. The Kier molecular flexibility index (Phi) is 6.85. The standard InChI is InChI=1S/C20H26N2O4S/c1-5-16(3)21-20(23)14-26-18-10-8-17(9-11-18)22(4)27(24,25)19-12-6-15(2)7-13-19/h6-13,16H,5,14H2,1-4H3,(H,21,23)/t16-/m0/s1. The van der Waals surface area contributed by atoms with Crippen molar-refractivity contribution >= 4 is 21.6 Å². The number of nitrogens with one attached hydrogen (secondary N) is 1. The highest BCUT2D eigenvalue weighted by Crippen LogP contribution is 2.24. The van der Waals surface area contributed by atoms with Crippen molar-refractivity contribution in [3.63, 3.8) is 0 Å². The quantitative estimate of drug-likeness (QED) is 0.751. The van der Waals surface area contributed by atoms with Crippen LogP contribution in [0, 0.1) is 6.92 Å². The third-order valence-corrected chi connectivity index (χ3v) is 6.07. The van der Waals surface area contributed by atoms with Gasteiger partial charge < -0.3 is 10.1 Å². The summed E-state index contributed by atoms with van der Waals surface area (Å²) in [6.07, 6.45) is 0.849. The van der Waals surface area contributed by atoms with E-state index in [4.69, 9.17) is 4.74 Å². The fraction of sp³-hybridized carbons (Fsp3) is 0.350. The molecule has 0 bridgehead atoms. The first-order valence-corrected chi connectivity index (χ1v) is 10.3. The number of hydrogen-bond acceptors (Lipinski definition) is 4. The Balaban J connectivity index is 2.03. The van der Waals surface area contributed by atoms with Gasteiger partial charge in [-0.15, -0.1) is 0 Å². The third kappa shape index (κ3) is 5.47. The van der Waals surface area contributed by atoms with Crippen LogP contribution in [0.25, 0.3) is 0 Å². The second-order valence-electron chi connectivity index (χ2n) is 6.44. The van der Waals surface area contributed by atoms with E-state index in [1.807, 2.05) is 20.8 Å². The number of rotatable bonds is 8. The number of sulfonamides is 1. The summed E-state index contributed by atoms with van der Waals surface area (Å²) >= 11 is 0.